The smallest absolute Gasteiger partial charge is 0.277 e. The Morgan fingerprint density at radius 2 is 2.29 bits per heavy atom. The lowest BCUT2D eigenvalue weighted by Crippen LogP contribution is -2.13. The second-order valence-electron chi connectivity index (χ2n) is 4.21. The van der Waals surface area contributed by atoms with Crippen LogP contribution < -0.4 is 11.1 Å². The van der Waals surface area contributed by atoms with E-state index in [4.69, 9.17) is 5.73 Å². The van der Waals surface area contributed by atoms with Crippen LogP contribution in [0.1, 0.15) is 10.5 Å². The molecule has 1 amide bonds. The average molecular weight is 303 g/mol. The summed E-state index contributed by atoms with van der Waals surface area (Å²) >= 11 is 1.61. The first-order valence-electron chi connectivity index (χ1n) is 6.49. The van der Waals surface area contributed by atoms with Gasteiger partial charge in [-0.1, -0.05) is 23.4 Å². The first kappa shape index (κ1) is 15.3. The number of carbonyl (C=O) groups is 1. The van der Waals surface area contributed by atoms with E-state index in [9.17, 15) is 4.79 Å². The molecule has 0 aliphatic carbocycles. The van der Waals surface area contributed by atoms with Gasteiger partial charge in [0, 0.05) is 17.2 Å². The summed E-state index contributed by atoms with van der Waals surface area (Å²) in [6.45, 7) is 4.68. The highest BCUT2D eigenvalue weighted by Crippen LogP contribution is 2.27. The van der Waals surface area contributed by atoms with E-state index >= 15 is 0 Å². The molecule has 0 spiro atoms. The van der Waals surface area contributed by atoms with Gasteiger partial charge >= 0.3 is 0 Å². The van der Waals surface area contributed by atoms with Gasteiger partial charge in [-0.15, -0.1) is 23.4 Å². The molecule has 0 bridgehead atoms. The van der Waals surface area contributed by atoms with Crippen molar-refractivity contribution in [2.75, 3.05) is 17.6 Å². The van der Waals surface area contributed by atoms with Gasteiger partial charge in [0.2, 0.25) is 0 Å². The Labute approximate surface area is 127 Å². The summed E-state index contributed by atoms with van der Waals surface area (Å²) in [4.78, 5) is 13.2. The zero-order valence-electron chi connectivity index (χ0n) is 11.5. The molecular formula is C14H17N5OS. The number of para-hydroxylation sites is 1. The van der Waals surface area contributed by atoms with Gasteiger partial charge in [-0.05, 0) is 12.1 Å². The highest BCUT2D eigenvalue weighted by atomic mass is 32.2. The predicted octanol–water partition coefficient (Wildman–Crippen LogP) is 1.77. The molecule has 1 aromatic heterocycles. The third-order valence-corrected chi connectivity index (χ3v) is 3.69. The molecule has 0 aliphatic rings. The van der Waals surface area contributed by atoms with Crippen LogP contribution in [0, 0.1) is 0 Å². The molecule has 1 heterocycles. The summed E-state index contributed by atoms with van der Waals surface area (Å²) < 4.78 is 1.55. The monoisotopic (exact) mass is 303 g/mol. The molecule has 2 rings (SSSR count). The summed E-state index contributed by atoms with van der Waals surface area (Å²) in [7, 11) is 0. The number of hydrogen-bond acceptors (Lipinski definition) is 5. The lowest BCUT2D eigenvalue weighted by Gasteiger charge is -2.08. The third-order valence-electron chi connectivity index (χ3n) is 2.62. The number of hydrogen-bond donors (Lipinski definition) is 2. The number of benzene rings is 1. The summed E-state index contributed by atoms with van der Waals surface area (Å²) in [5.74, 6) is 0.490. The first-order chi connectivity index (χ1) is 10.2. The standard InChI is InChI=1S/C14H17N5OS/c1-2-9-21-13-6-4-3-5-11(13)16-14(20)12-10-19(8-7-15)18-17-12/h2-6,10H,1,7-9,15H2,(H,16,20). The van der Waals surface area contributed by atoms with Crippen molar-refractivity contribution in [3.63, 3.8) is 0 Å². The second kappa shape index (κ2) is 7.61. The zero-order chi connectivity index (χ0) is 15.1. The molecule has 0 saturated carbocycles. The summed E-state index contributed by atoms with van der Waals surface area (Å²) in [5.41, 5.74) is 6.46. The van der Waals surface area contributed by atoms with Crippen LogP contribution in [-0.4, -0.2) is 33.2 Å². The van der Waals surface area contributed by atoms with Crippen LogP contribution in [0.5, 0.6) is 0 Å². The second-order valence-corrected chi connectivity index (χ2v) is 5.27. The topological polar surface area (TPSA) is 85.8 Å². The summed E-state index contributed by atoms with van der Waals surface area (Å²) in [5, 5.41) is 10.5. The van der Waals surface area contributed by atoms with Crippen molar-refractivity contribution in [3.8, 4) is 0 Å². The fourth-order valence-electron chi connectivity index (χ4n) is 1.67. The fourth-order valence-corrected chi connectivity index (χ4v) is 2.42. The molecule has 7 heteroatoms. The van der Waals surface area contributed by atoms with E-state index in [2.05, 4.69) is 22.2 Å². The molecule has 21 heavy (non-hydrogen) atoms. The number of rotatable bonds is 7. The average Bonchev–Trinajstić information content (AvgIpc) is 2.95. The molecule has 0 aliphatic heterocycles. The molecule has 1 aromatic carbocycles. The van der Waals surface area contributed by atoms with Gasteiger partial charge in [-0.25, -0.2) is 0 Å². The van der Waals surface area contributed by atoms with E-state index < -0.39 is 0 Å². The Morgan fingerprint density at radius 3 is 3.05 bits per heavy atom. The third kappa shape index (κ3) is 4.17. The van der Waals surface area contributed by atoms with Gasteiger partial charge in [0.25, 0.3) is 5.91 Å². The van der Waals surface area contributed by atoms with E-state index in [1.54, 1.807) is 22.6 Å². The van der Waals surface area contributed by atoms with Crippen LogP contribution >= 0.6 is 11.8 Å². The lowest BCUT2D eigenvalue weighted by molar-refractivity contribution is 0.102. The summed E-state index contributed by atoms with van der Waals surface area (Å²) in [6.07, 6.45) is 3.41. The van der Waals surface area contributed by atoms with Gasteiger partial charge in [0.1, 0.15) is 0 Å². The van der Waals surface area contributed by atoms with E-state index in [-0.39, 0.29) is 11.6 Å². The highest BCUT2D eigenvalue weighted by Gasteiger charge is 2.12. The normalized spacial score (nSPS) is 10.3. The van der Waals surface area contributed by atoms with Crippen LogP contribution in [0.3, 0.4) is 0 Å². The Kier molecular flexibility index (Phi) is 5.53. The Balaban J connectivity index is 2.09. The van der Waals surface area contributed by atoms with E-state index in [0.717, 1.165) is 16.3 Å². The quantitative estimate of drug-likeness (QED) is 0.601. The number of nitrogens with one attached hydrogen (secondary N) is 1. The molecule has 0 atom stereocenters. The van der Waals surface area contributed by atoms with Crippen LogP contribution in [-0.2, 0) is 6.54 Å². The fraction of sp³-hybridized carbons (Fsp3) is 0.214. The number of nitrogens with two attached hydrogens (primary N) is 1. The predicted molar refractivity (Wildman–Crippen MR) is 84.4 cm³/mol. The molecule has 3 N–H and O–H groups in total. The van der Waals surface area contributed by atoms with Crippen molar-refractivity contribution in [1.82, 2.24) is 15.0 Å². The minimum Gasteiger partial charge on any atom is -0.329 e. The maximum atomic E-state index is 12.2. The minimum atomic E-state index is -0.287. The number of amides is 1. The molecule has 110 valence electrons. The van der Waals surface area contributed by atoms with E-state index in [0.29, 0.717) is 13.1 Å². The van der Waals surface area contributed by atoms with Crippen molar-refractivity contribution in [2.24, 2.45) is 5.73 Å². The van der Waals surface area contributed by atoms with Gasteiger partial charge in [-0.3, -0.25) is 9.48 Å². The zero-order valence-corrected chi connectivity index (χ0v) is 12.3. The minimum absolute atomic E-state index is 0.270. The molecular weight excluding hydrogens is 286 g/mol. The van der Waals surface area contributed by atoms with E-state index in [1.807, 2.05) is 30.3 Å². The molecule has 0 unspecified atom stereocenters. The Bertz CT molecular complexity index is 625. The maximum absolute atomic E-state index is 12.2. The summed E-state index contributed by atoms with van der Waals surface area (Å²) in [6, 6.07) is 7.61. The van der Waals surface area contributed by atoms with Crippen LogP contribution in [0.15, 0.2) is 48.0 Å². The number of carbonyl (C=O) groups excluding carboxylic acids is 1. The van der Waals surface area contributed by atoms with Gasteiger partial charge < -0.3 is 11.1 Å². The largest absolute Gasteiger partial charge is 0.329 e. The maximum Gasteiger partial charge on any atom is 0.277 e. The Hall–Kier alpha value is -2.12. The van der Waals surface area contributed by atoms with Crippen LogP contribution in [0.25, 0.3) is 0 Å². The number of thioether (sulfide) groups is 1. The number of aromatic nitrogens is 3. The molecule has 0 fully saturated rings. The van der Waals surface area contributed by atoms with Crippen molar-refractivity contribution in [2.45, 2.75) is 11.4 Å². The Morgan fingerprint density at radius 1 is 1.48 bits per heavy atom. The molecule has 0 radical (unpaired) electrons. The van der Waals surface area contributed by atoms with E-state index in [1.165, 1.54) is 0 Å². The van der Waals surface area contributed by atoms with Gasteiger partial charge in [0.05, 0.1) is 18.4 Å². The van der Waals surface area contributed by atoms with Gasteiger partial charge in [-0.2, -0.15) is 0 Å². The highest BCUT2D eigenvalue weighted by molar-refractivity contribution is 7.99. The number of anilines is 1. The molecule has 6 nitrogen and oxygen atoms in total. The van der Waals surface area contributed by atoms with Crippen molar-refractivity contribution < 1.29 is 4.79 Å². The lowest BCUT2D eigenvalue weighted by atomic mass is 10.3. The molecule has 0 saturated heterocycles. The van der Waals surface area contributed by atoms with Crippen molar-refractivity contribution in [3.05, 3.63) is 48.8 Å². The SMILES string of the molecule is C=CCSc1ccccc1NC(=O)c1cn(CCN)nn1. The first-order valence-corrected chi connectivity index (χ1v) is 7.47. The number of nitrogens with zero attached hydrogens (tertiary/aromatic N) is 3. The van der Waals surface area contributed by atoms with Crippen LogP contribution in [0.2, 0.25) is 0 Å². The van der Waals surface area contributed by atoms with Crippen molar-refractivity contribution >= 4 is 23.4 Å². The van der Waals surface area contributed by atoms with Crippen LogP contribution in [0.4, 0.5) is 5.69 Å². The van der Waals surface area contributed by atoms with Crippen molar-refractivity contribution in [1.29, 1.82) is 0 Å². The van der Waals surface area contributed by atoms with Gasteiger partial charge in [0.15, 0.2) is 5.69 Å². The molecule has 2 aromatic rings.